The van der Waals surface area contributed by atoms with E-state index >= 15 is 0 Å². The van der Waals surface area contributed by atoms with Gasteiger partial charge in [0.1, 0.15) is 5.82 Å². The van der Waals surface area contributed by atoms with Crippen LogP contribution in [0.4, 0.5) is 17.6 Å². The minimum Gasteiger partial charge on any atom is -0.395 e. The molecule has 142 valence electrons. The second-order valence-electron chi connectivity index (χ2n) is 7.17. The van der Waals surface area contributed by atoms with Crippen LogP contribution in [0, 0.1) is 17.7 Å². The van der Waals surface area contributed by atoms with Crippen LogP contribution in [0.15, 0.2) is 12.1 Å². The molecule has 3 nitrogen and oxygen atoms in total. The van der Waals surface area contributed by atoms with E-state index in [-0.39, 0.29) is 49.6 Å². The summed E-state index contributed by atoms with van der Waals surface area (Å²) in [6, 6.07) is 2.74. The summed E-state index contributed by atoms with van der Waals surface area (Å²) >= 11 is 0. The number of rotatable bonds is 6. The van der Waals surface area contributed by atoms with E-state index in [4.69, 9.17) is 0 Å². The van der Waals surface area contributed by atoms with E-state index < -0.39 is 17.9 Å². The lowest BCUT2D eigenvalue weighted by atomic mass is 9.80. The highest BCUT2D eigenvalue weighted by atomic mass is 19.4. The van der Waals surface area contributed by atoms with Crippen molar-refractivity contribution in [2.45, 2.75) is 64.2 Å². The quantitative estimate of drug-likeness (QED) is 0.747. The van der Waals surface area contributed by atoms with Crippen molar-refractivity contribution in [1.29, 1.82) is 0 Å². The molecular weight excluding hydrogens is 336 g/mol. The first-order valence-corrected chi connectivity index (χ1v) is 8.78. The van der Waals surface area contributed by atoms with Gasteiger partial charge < -0.3 is 10.4 Å². The zero-order chi connectivity index (χ0) is 18.6. The molecule has 0 radical (unpaired) electrons. The second-order valence-corrected chi connectivity index (χ2v) is 7.17. The van der Waals surface area contributed by atoms with Crippen molar-refractivity contribution < 1.29 is 22.7 Å². The summed E-state index contributed by atoms with van der Waals surface area (Å²) in [5.41, 5.74) is 0.901. The van der Waals surface area contributed by atoms with Crippen molar-refractivity contribution in [2.24, 2.45) is 11.8 Å². The van der Waals surface area contributed by atoms with Gasteiger partial charge in [-0.25, -0.2) is 4.39 Å². The molecule has 0 aromatic carbocycles. The van der Waals surface area contributed by atoms with Gasteiger partial charge in [0.25, 0.3) is 0 Å². The zero-order valence-corrected chi connectivity index (χ0v) is 14.6. The van der Waals surface area contributed by atoms with E-state index in [9.17, 15) is 22.7 Å². The predicted octanol–water partition coefficient (Wildman–Crippen LogP) is 4.16. The van der Waals surface area contributed by atoms with Crippen molar-refractivity contribution in [1.82, 2.24) is 10.3 Å². The molecule has 0 saturated heterocycles. The summed E-state index contributed by atoms with van der Waals surface area (Å²) in [7, 11) is 0. The molecular formula is C18H26F4N2O. The number of halogens is 4. The number of aliphatic hydroxyl groups excluding tert-OH is 1. The van der Waals surface area contributed by atoms with Crippen LogP contribution in [0.5, 0.6) is 0 Å². The fourth-order valence-electron chi connectivity index (χ4n) is 3.31. The molecule has 7 heteroatoms. The van der Waals surface area contributed by atoms with Crippen molar-refractivity contribution >= 4 is 0 Å². The first-order valence-electron chi connectivity index (χ1n) is 8.78. The molecule has 1 saturated carbocycles. The van der Waals surface area contributed by atoms with Crippen molar-refractivity contribution in [3.63, 3.8) is 0 Å². The van der Waals surface area contributed by atoms with Gasteiger partial charge in [0, 0.05) is 24.2 Å². The maximum atomic E-state index is 14.0. The molecule has 0 unspecified atom stereocenters. The smallest absolute Gasteiger partial charge is 0.391 e. The third-order valence-corrected chi connectivity index (χ3v) is 5.08. The van der Waals surface area contributed by atoms with E-state index in [1.54, 1.807) is 6.07 Å². The van der Waals surface area contributed by atoms with Gasteiger partial charge in [-0.1, -0.05) is 13.8 Å². The Kier molecular flexibility index (Phi) is 6.79. The van der Waals surface area contributed by atoms with Crippen LogP contribution in [0.25, 0.3) is 0 Å². The Morgan fingerprint density at radius 1 is 1.20 bits per heavy atom. The van der Waals surface area contributed by atoms with Gasteiger partial charge in [-0.05, 0) is 43.7 Å². The Morgan fingerprint density at radius 3 is 2.36 bits per heavy atom. The molecule has 2 rings (SSSR count). The molecule has 0 amide bonds. The molecule has 1 aromatic heterocycles. The highest BCUT2D eigenvalue weighted by Gasteiger charge is 2.41. The Morgan fingerprint density at radius 2 is 1.84 bits per heavy atom. The fraction of sp³-hybridized carbons (Fsp3) is 0.722. The van der Waals surface area contributed by atoms with E-state index in [1.807, 2.05) is 13.8 Å². The van der Waals surface area contributed by atoms with Crippen molar-refractivity contribution in [3.8, 4) is 0 Å². The molecule has 1 aliphatic rings. The molecule has 1 atom stereocenters. The van der Waals surface area contributed by atoms with E-state index in [0.29, 0.717) is 18.5 Å². The van der Waals surface area contributed by atoms with Gasteiger partial charge in [-0.2, -0.15) is 13.2 Å². The van der Waals surface area contributed by atoms with Crippen LogP contribution in [0.1, 0.15) is 56.8 Å². The van der Waals surface area contributed by atoms with Crippen LogP contribution in [0.3, 0.4) is 0 Å². The molecule has 1 fully saturated rings. The van der Waals surface area contributed by atoms with Gasteiger partial charge in [0.05, 0.1) is 18.2 Å². The Bertz CT molecular complexity index is 554. The Hall–Kier alpha value is -1.21. The summed E-state index contributed by atoms with van der Waals surface area (Å²) in [6.45, 7) is 4.03. The van der Waals surface area contributed by atoms with Crippen LogP contribution < -0.4 is 5.32 Å². The maximum absolute atomic E-state index is 14.0. The summed E-state index contributed by atoms with van der Waals surface area (Å²) in [5.74, 6) is -1.55. The number of pyridine rings is 1. The molecule has 0 bridgehead atoms. The standard InChI is InChI=1S/C18H26F4N2O/c1-11(2)17(10-25)23-9-16-14(19)7-8-15(24-16)12-3-5-13(6-4-12)18(20,21)22/h7-8,11-13,17,23,25H,3-6,9-10H2,1-2H3/t12-,13-,17-/m0/s1. The van der Waals surface area contributed by atoms with Crippen LogP contribution in [-0.4, -0.2) is 28.9 Å². The molecule has 1 aromatic rings. The summed E-state index contributed by atoms with van der Waals surface area (Å²) in [6.07, 6.45) is -3.10. The minimum absolute atomic E-state index is 0.0551. The van der Waals surface area contributed by atoms with E-state index in [0.717, 1.165) is 0 Å². The van der Waals surface area contributed by atoms with Gasteiger partial charge >= 0.3 is 6.18 Å². The van der Waals surface area contributed by atoms with E-state index in [1.165, 1.54) is 6.07 Å². The normalized spacial score (nSPS) is 23.0. The monoisotopic (exact) mass is 362 g/mol. The average Bonchev–Trinajstić information content (AvgIpc) is 2.56. The highest BCUT2D eigenvalue weighted by Crippen LogP contribution is 2.42. The van der Waals surface area contributed by atoms with Gasteiger partial charge in [-0.3, -0.25) is 4.98 Å². The number of hydrogen-bond acceptors (Lipinski definition) is 3. The number of nitrogens with one attached hydrogen (secondary N) is 1. The van der Waals surface area contributed by atoms with Crippen molar-refractivity contribution in [3.05, 3.63) is 29.3 Å². The van der Waals surface area contributed by atoms with Crippen LogP contribution >= 0.6 is 0 Å². The van der Waals surface area contributed by atoms with Gasteiger partial charge in [0.15, 0.2) is 0 Å². The van der Waals surface area contributed by atoms with Crippen molar-refractivity contribution in [2.75, 3.05) is 6.61 Å². The molecule has 1 heterocycles. The predicted molar refractivity (Wildman–Crippen MR) is 87.5 cm³/mol. The highest BCUT2D eigenvalue weighted by molar-refractivity contribution is 5.17. The molecule has 1 aliphatic carbocycles. The number of aliphatic hydroxyl groups is 1. The Balaban J connectivity index is 2.02. The second kappa shape index (κ2) is 8.45. The molecule has 0 aliphatic heterocycles. The van der Waals surface area contributed by atoms with E-state index in [2.05, 4.69) is 10.3 Å². The largest absolute Gasteiger partial charge is 0.395 e. The minimum atomic E-state index is -4.13. The van der Waals surface area contributed by atoms with Gasteiger partial charge in [-0.15, -0.1) is 0 Å². The SMILES string of the molecule is CC(C)[C@H](CO)NCc1nc([C@H]2CC[C@H](C(F)(F)F)CC2)ccc1F. The molecule has 25 heavy (non-hydrogen) atoms. The topological polar surface area (TPSA) is 45.1 Å². The molecule has 2 N–H and O–H groups in total. The lowest BCUT2D eigenvalue weighted by Crippen LogP contribution is -2.37. The third kappa shape index (κ3) is 5.38. The van der Waals surface area contributed by atoms with Crippen LogP contribution in [0.2, 0.25) is 0 Å². The zero-order valence-electron chi connectivity index (χ0n) is 14.6. The lowest BCUT2D eigenvalue weighted by Gasteiger charge is -2.29. The first-order chi connectivity index (χ1) is 11.7. The number of alkyl halides is 3. The first kappa shape index (κ1) is 20.1. The summed E-state index contributed by atoms with van der Waals surface area (Å²) < 4.78 is 52.3. The maximum Gasteiger partial charge on any atom is 0.391 e. The molecule has 0 spiro atoms. The third-order valence-electron chi connectivity index (χ3n) is 5.08. The number of aromatic nitrogens is 1. The average molecular weight is 362 g/mol. The fourth-order valence-corrected chi connectivity index (χ4v) is 3.31. The Labute approximate surface area is 145 Å². The van der Waals surface area contributed by atoms with Gasteiger partial charge in [0.2, 0.25) is 0 Å². The summed E-state index contributed by atoms with van der Waals surface area (Å²) in [5, 5.41) is 12.4. The number of hydrogen-bond donors (Lipinski definition) is 2. The summed E-state index contributed by atoms with van der Waals surface area (Å²) in [4.78, 5) is 4.35. The number of nitrogens with zero attached hydrogens (tertiary/aromatic N) is 1. The van der Waals surface area contributed by atoms with Crippen LogP contribution in [-0.2, 0) is 6.54 Å². The lowest BCUT2D eigenvalue weighted by molar-refractivity contribution is -0.182.